The van der Waals surface area contributed by atoms with Gasteiger partial charge in [-0.05, 0) is 51.0 Å². The van der Waals surface area contributed by atoms with Gasteiger partial charge in [-0.15, -0.1) is 0 Å². The van der Waals surface area contributed by atoms with Crippen molar-refractivity contribution in [2.75, 3.05) is 5.32 Å². The van der Waals surface area contributed by atoms with Gasteiger partial charge in [0.1, 0.15) is 6.04 Å². The van der Waals surface area contributed by atoms with Gasteiger partial charge in [0, 0.05) is 5.69 Å². The molecule has 0 saturated carbocycles. The normalized spacial score (nSPS) is 12.1. The quantitative estimate of drug-likeness (QED) is 0.535. The van der Waals surface area contributed by atoms with Crippen LogP contribution in [0.25, 0.3) is 16.6 Å². The van der Waals surface area contributed by atoms with E-state index in [1.807, 2.05) is 75.4 Å². The highest BCUT2D eigenvalue weighted by molar-refractivity contribution is 5.94. The Balaban J connectivity index is 1.75. The number of aromatic nitrogens is 4. The van der Waals surface area contributed by atoms with Crippen LogP contribution in [0.4, 0.5) is 5.69 Å². The van der Waals surface area contributed by atoms with E-state index in [1.165, 1.54) is 4.68 Å². The topological polar surface area (TPSA) is 81.8 Å². The Kier molecular flexibility index (Phi) is 5.42. The van der Waals surface area contributed by atoms with E-state index in [0.717, 1.165) is 29.1 Å². The van der Waals surface area contributed by atoms with Crippen LogP contribution >= 0.6 is 0 Å². The van der Waals surface area contributed by atoms with Crippen LogP contribution in [0, 0.1) is 13.8 Å². The van der Waals surface area contributed by atoms with Crippen molar-refractivity contribution in [1.29, 1.82) is 0 Å². The van der Waals surface area contributed by atoms with Crippen molar-refractivity contribution in [1.82, 2.24) is 19.6 Å². The second-order valence-corrected chi connectivity index (χ2v) is 7.57. The molecule has 1 N–H and O–H groups in total. The van der Waals surface area contributed by atoms with Crippen molar-refractivity contribution in [3.05, 3.63) is 81.9 Å². The van der Waals surface area contributed by atoms with Crippen LogP contribution in [0.2, 0.25) is 0 Å². The van der Waals surface area contributed by atoms with Crippen molar-refractivity contribution in [3.63, 3.8) is 0 Å². The van der Waals surface area contributed by atoms with E-state index in [4.69, 9.17) is 0 Å². The Hall–Kier alpha value is -3.74. The number of para-hydroxylation sites is 2. The molecule has 2 aromatic heterocycles. The highest BCUT2D eigenvalue weighted by atomic mass is 16.2. The second kappa shape index (κ2) is 8.18. The molecule has 0 saturated heterocycles. The highest BCUT2D eigenvalue weighted by Crippen LogP contribution is 2.22. The van der Waals surface area contributed by atoms with Crippen molar-refractivity contribution < 1.29 is 4.79 Å². The number of rotatable bonds is 5. The molecule has 0 aliphatic carbocycles. The third-order valence-electron chi connectivity index (χ3n) is 5.55. The molecule has 2 aromatic carbocycles. The molecule has 31 heavy (non-hydrogen) atoms. The summed E-state index contributed by atoms with van der Waals surface area (Å²) in [7, 11) is 0. The van der Waals surface area contributed by atoms with Gasteiger partial charge in [0.05, 0.1) is 22.5 Å². The molecule has 0 bridgehead atoms. The Bertz CT molecular complexity index is 1320. The van der Waals surface area contributed by atoms with Gasteiger partial charge in [-0.3, -0.25) is 9.59 Å². The molecule has 158 valence electrons. The molecule has 1 amide bonds. The average molecular weight is 415 g/mol. The number of amides is 1. The first-order valence-electron chi connectivity index (χ1n) is 10.3. The van der Waals surface area contributed by atoms with Gasteiger partial charge in [-0.2, -0.15) is 10.2 Å². The number of carbonyl (C=O) groups excluding carboxylic acids is 1. The zero-order valence-corrected chi connectivity index (χ0v) is 18.1. The van der Waals surface area contributed by atoms with Gasteiger partial charge < -0.3 is 5.32 Å². The number of fused-ring (bicyclic) bond motifs is 1. The van der Waals surface area contributed by atoms with Crippen LogP contribution in [0.5, 0.6) is 0 Å². The first kappa shape index (κ1) is 20.5. The largest absolute Gasteiger partial charge is 0.324 e. The van der Waals surface area contributed by atoms with Crippen LogP contribution in [0.1, 0.15) is 36.8 Å². The summed E-state index contributed by atoms with van der Waals surface area (Å²) in [5.74, 6) is -0.298. The third kappa shape index (κ3) is 3.63. The van der Waals surface area contributed by atoms with Gasteiger partial charge in [-0.25, -0.2) is 9.36 Å². The fraction of sp³-hybridized carbons (Fsp3) is 0.250. The summed E-state index contributed by atoms with van der Waals surface area (Å²) in [6.07, 6.45) is 0.796. The number of nitrogens with zero attached hydrogens (tertiary/aromatic N) is 4. The number of carbonyl (C=O) groups is 1. The minimum Gasteiger partial charge on any atom is -0.324 e. The van der Waals surface area contributed by atoms with E-state index in [1.54, 1.807) is 11.6 Å². The molecule has 1 atom stereocenters. The van der Waals surface area contributed by atoms with E-state index >= 15 is 0 Å². The van der Waals surface area contributed by atoms with Crippen molar-refractivity contribution in [2.45, 2.75) is 40.2 Å². The van der Waals surface area contributed by atoms with Crippen LogP contribution < -0.4 is 10.9 Å². The van der Waals surface area contributed by atoms with Crippen LogP contribution in [0.15, 0.2) is 59.4 Å². The maximum atomic E-state index is 13.2. The molecule has 4 rings (SSSR count). The van der Waals surface area contributed by atoms with Gasteiger partial charge in [0.15, 0.2) is 5.52 Å². The number of benzene rings is 2. The molecule has 2 heterocycles. The summed E-state index contributed by atoms with van der Waals surface area (Å²) >= 11 is 0. The molecule has 7 nitrogen and oxygen atoms in total. The average Bonchev–Trinajstić information content (AvgIpc) is 3.14. The summed E-state index contributed by atoms with van der Waals surface area (Å²) in [4.78, 5) is 26.2. The number of hydrogen-bond acceptors (Lipinski definition) is 4. The number of anilines is 1. The first-order valence-corrected chi connectivity index (χ1v) is 10.3. The lowest BCUT2D eigenvalue weighted by Gasteiger charge is -2.16. The second-order valence-electron chi connectivity index (χ2n) is 7.57. The standard InChI is InChI=1S/C24H25N5O2/c1-5-18-11-9-10-14-20(18)25-23(30)17(4)29-24(31)22-21(15(2)26-29)16(3)28(27-22)19-12-7-6-8-13-19/h6-14,17H,5H2,1-4H3,(H,25,30). The molecule has 4 aromatic rings. The van der Waals surface area contributed by atoms with Crippen LogP contribution in [0.3, 0.4) is 0 Å². The van der Waals surface area contributed by atoms with Crippen molar-refractivity contribution in [2.24, 2.45) is 0 Å². The van der Waals surface area contributed by atoms with E-state index in [0.29, 0.717) is 16.6 Å². The SMILES string of the molecule is CCc1ccccc1NC(=O)C(C)n1nc(C)c2c(C)n(-c3ccccc3)nc2c1=O. The fourth-order valence-electron chi connectivity index (χ4n) is 3.83. The Morgan fingerprint density at radius 2 is 1.71 bits per heavy atom. The van der Waals surface area contributed by atoms with Gasteiger partial charge in [0.25, 0.3) is 5.56 Å². The third-order valence-corrected chi connectivity index (χ3v) is 5.55. The highest BCUT2D eigenvalue weighted by Gasteiger charge is 2.23. The summed E-state index contributed by atoms with van der Waals surface area (Å²) in [6.45, 7) is 7.45. The first-order chi connectivity index (χ1) is 14.9. The predicted octanol–water partition coefficient (Wildman–Crippen LogP) is 3.96. The molecule has 7 heteroatoms. The summed E-state index contributed by atoms with van der Waals surface area (Å²) < 4.78 is 2.97. The monoisotopic (exact) mass is 415 g/mol. The lowest BCUT2D eigenvalue weighted by molar-refractivity contribution is -0.119. The molecule has 0 aliphatic heterocycles. The maximum absolute atomic E-state index is 13.2. The number of aryl methyl sites for hydroxylation is 3. The van der Waals surface area contributed by atoms with Crippen molar-refractivity contribution in [3.8, 4) is 5.69 Å². The zero-order chi connectivity index (χ0) is 22.1. The van der Waals surface area contributed by atoms with Crippen LogP contribution in [-0.2, 0) is 11.2 Å². The lowest BCUT2D eigenvalue weighted by Crippen LogP contribution is -2.34. The lowest BCUT2D eigenvalue weighted by atomic mass is 10.1. The molecule has 0 spiro atoms. The smallest absolute Gasteiger partial charge is 0.295 e. The zero-order valence-electron chi connectivity index (χ0n) is 18.1. The molecule has 0 radical (unpaired) electrons. The van der Waals surface area contributed by atoms with E-state index in [-0.39, 0.29) is 11.5 Å². The number of nitrogens with one attached hydrogen (secondary N) is 1. The minimum absolute atomic E-state index is 0.298. The molecular weight excluding hydrogens is 390 g/mol. The van der Waals surface area contributed by atoms with Crippen molar-refractivity contribution >= 4 is 22.5 Å². The molecule has 0 fully saturated rings. The maximum Gasteiger partial charge on any atom is 0.295 e. The molecule has 1 unspecified atom stereocenters. The van der Waals surface area contributed by atoms with Gasteiger partial charge in [-0.1, -0.05) is 43.3 Å². The Morgan fingerprint density at radius 3 is 2.42 bits per heavy atom. The van der Waals surface area contributed by atoms with Gasteiger partial charge >= 0.3 is 0 Å². The van der Waals surface area contributed by atoms with E-state index in [2.05, 4.69) is 15.5 Å². The molecular formula is C24H25N5O2. The summed E-state index contributed by atoms with van der Waals surface area (Å²) in [5.41, 5.74) is 4.06. The number of hydrogen-bond donors (Lipinski definition) is 1. The van der Waals surface area contributed by atoms with E-state index < -0.39 is 6.04 Å². The van der Waals surface area contributed by atoms with Crippen LogP contribution in [-0.4, -0.2) is 25.5 Å². The predicted molar refractivity (Wildman–Crippen MR) is 122 cm³/mol. The Morgan fingerprint density at radius 1 is 1.03 bits per heavy atom. The molecule has 0 aliphatic rings. The fourth-order valence-corrected chi connectivity index (χ4v) is 3.83. The summed E-state index contributed by atoms with van der Waals surface area (Å²) in [5, 5.41) is 12.7. The van der Waals surface area contributed by atoms with E-state index in [9.17, 15) is 9.59 Å². The minimum atomic E-state index is -0.789. The van der Waals surface area contributed by atoms with Gasteiger partial charge in [0.2, 0.25) is 5.91 Å². The Labute approximate surface area is 180 Å². The summed E-state index contributed by atoms with van der Waals surface area (Å²) in [6, 6.07) is 16.5.